The van der Waals surface area contributed by atoms with Gasteiger partial charge in [0.15, 0.2) is 5.78 Å². The zero-order chi connectivity index (χ0) is 22.0. The third-order valence-electron chi connectivity index (χ3n) is 5.04. The maximum absolute atomic E-state index is 13.1. The van der Waals surface area contributed by atoms with Gasteiger partial charge in [0.05, 0.1) is 24.8 Å². The second kappa shape index (κ2) is 8.39. The van der Waals surface area contributed by atoms with Crippen LogP contribution in [0.5, 0.6) is 5.75 Å². The lowest BCUT2D eigenvalue weighted by molar-refractivity contribution is 0.100. The lowest BCUT2D eigenvalue weighted by atomic mass is 9.85. The van der Waals surface area contributed by atoms with Crippen molar-refractivity contribution in [1.82, 2.24) is 10.2 Å². The predicted molar refractivity (Wildman–Crippen MR) is 121 cm³/mol. The van der Waals surface area contributed by atoms with Gasteiger partial charge in [0.1, 0.15) is 11.3 Å². The number of methoxy groups -OCH3 is 1. The van der Waals surface area contributed by atoms with E-state index in [9.17, 15) is 9.59 Å². The fraction of sp³-hybridized carbons (Fsp3) is 0.261. The molecule has 0 saturated heterocycles. The van der Waals surface area contributed by atoms with Crippen LogP contribution in [-0.4, -0.2) is 40.2 Å². The number of nitrogens with one attached hydrogen (secondary N) is 1. The molecule has 0 aliphatic carbocycles. The van der Waals surface area contributed by atoms with Gasteiger partial charge in [-0.25, -0.2) is 0 Å². The first kappa shape index (κ1) is 20.9. The molecule has 0 spiro atoms. The van der Waals surface area contributed by atoms with Crippen molar-refractivity contribution in [3.8, 4) is 5.75 Å². The average Bonchev–Trinajstić information content (AvgIpc) is 3.26. The molecule has 0 saturated carbocycles. The van der Waals surface area contributed by atoms with E-state index >= 15 is 0 Å². The number of amides is 1. The Morgan fingerprint density at radius 1 is 1.16 bits per heavy atom. The Morgan fingerprint density at radius 2 is 1.97 bits per heavy atom. The number of fused-ring (bicyclic) bond motifs is 1. The smallest absolute Gasteiger partial charge is 0.257 e. The maximum atomic E-state index is 13.1. The Kier molecular flexibility index (Phi) is 5.65. The van der Waals surface area contributed by atoms with Crippen molar-refractivity contribution in [1.29, 1.82) is 0 Å². The first-order valence-electron chi connectivity index (χ1n) is 9.81. The quantitative estimate of drug-likeness (QED) is 0.587. The molecule has 2 heterocycles. The molecule has 1 aliphatic rings. The monoisotopic (exact) mass is 434 g/mol. The van der Waals surface area contributed by atoms with Crippen LogP contribution in [-0.2, 0) is 6.42 Å². The van der Waals surface area contributed by atoms with Crippen LogP contribution in [0.3, 0.4) is 0 Å². The van der Waals surface area contributed by atoms with Crippen molar-refractivity contribution >= 4 is 33.9 Å². The molecule has 0 unspecified atom stereocenters. The Balaban J connectivity index is 1.58. The van der Waals surface area contributed by atoms with Crippen LogP contribution in [0.25, 0.3) is 0 Å². The van der Waals surface area contributed by atoms with Crippen LogP contribution in [0.1, 0.15) is 52.1 Å². The van der Waals surface area contributed by atoms with Crippen molar-refractivity contribution in [2.24, 2.45) is 4.99 Å². The summed E-state index contributed by atoms with van der Waals surface area (Å²) in [6.07, 6.45) is 0.941. The summed E-state index contributed by atoms with van der Waals surface area (Å²) in [6, 6.07) is 12.6. The van der Waals surface area contributed by atoms with Crippen LogP contribution in [0.15, 0.2) is 53.0 Å². The van der Waals surface area contributed by atoms with Gasteiger partial charge in [-0.05, 0) is 50.1 Å². The van der Waals surface area contributed by atoms with Crippen LogP contribution < -0.4 is 10.1 Å². The first-order valence-corrected chi connectivity index (χ1v) is 10.7. The molecular weight excluding hydrogens is 412 g/mol. The van der Waals surface area contributed by atoms with Gasteiger partial charge < -0.3 is 4.74 Å². The number of ketones is 1. The predicted octanol–water partition coefficient (Wildman–Crippen LogP) is 4.20. The zero-order valence-corrected chi connectivity index (χ0v) is 18.3. The highest BCUT2D eigenvalue weighted by Gasteiger charge is 2.28. The lowest BCUT2D eigenvalue weighted by Crippen LogP contribution is -2.30. The number of Topliss-reactive ketones (excluding diaryl/α,β-unsaturated/α-hetero) is 1. The van der Waals surface area contributed by atoms with E-state index < -0.39 is 0 Å². The summed E-state index contributed by atoms with van der Waals surface area (Å²) in [6.45, 7) is 4.12. The van der Waals surface area contributed by atoms with Gasteiger partial charge in [0.25, 0.3) is 5.91 Å². The van der Waals surface area contributed by atoms with Crippen molar-refractivity contribution < 1.29 is 14.3 Å². The number of aromatic nitrogens is 2. The van der Waals surface area contributed by atoms with E-state index in [1.807, 2.05) is 18.2 Å². The third kappa shape index (κ3) is 4.69. The molecule has 158 valence electrons. The highest BCUT2D eigenvalue weighted by molar-refractivity contribution is 7.13. The molecule has 1 amide bonds. The van der Waals surface area contributed by atoms with Crippen LogP contribution in [0.2, 0.25) is 0 Å². The number of carbonyl (C=O) groups excluding carboxylic acids is 2. The fourth-order valence-electron chi connectivity index (χ4n) is 3.66. The molecular formula is C23H22N4O3S. The van der Waals surface area contributed by atoms with Crippen LogP contribution >= 0.6 is 11.3 Å². The van der Waals surface area contributed by atoms with E-state index in [1.165, 1.54) is 16.8 Å². The zero-order valence-electron chi connectivity index (χ0n) is 17.5. The Labute approximate surface area is 184 Å². The molecule has 4 rings (SSSR count). The summed E-state index contributed by atoms with van der Waals surface area (Å²) in [5, 5.41) is 10.6. The van der Waals surface area contributed by atoms with Crippen LogP contribution in [0, 0.1) is 0 Å². The van der Waals surface area contributed by atoms with Gasteiger partial charge in [-0.1, -0.05) is 29.5 Å². The normalized spacial score (nSPS) is 14.4. The van der Waals surface area contributed by atoms with Gasteiger partial charge in [0, 0.05) is 16.7 Å². The molecule has 1 aliphatic heterocycles. The third-order valence-corrected chi connectivity index (χ3v) is 5.65. The van der Waals surface area contributed by atoms with Crippen molar-refractivity contribution in [3.05, 3.63) is 70.2 Å². The fourth-order valence-corrected chi connectivity index (χ4v) is 4.10. The molecule has 1 N–H and O–H groups in total. The molecule has 0 atom stereocenters. The molecule has 2 aromatic carbocycles. The van der Waals surface area contributed by atoms with Gasteiger partial charge in [0.2, 0.25) is 5.13 Å². The SMILES string of the molecule is COc1ccc2c(c1)C(CC(=O)c1cccc(C(=O)Nc3nncs3)c1)=NC(C)(C)C2. The minimum Gasteiger partial charge on any atom is -0.497 e. The lowest BCUT2D eigenvalue weighted by Gasteiger charge is -2.29. The second-order valence-corrected chi connectivity index (χ2v) is 8.78. The van der Waals surface area contributed by atoms with E-state index in [0.29, 0.717) is 16.3 Å². The first-order chi connectivity index (χ1) is 14.8. The summed E-state index contributed by atoms with van der Waals surface area (Å²) < 4.78 is 5.36. The number of ether oxygens (including phenoxy) is 1. The van der Waals surface area contributed by atoms with Crippen LogP contribution in [0.4, 0.5) is 5.13 Å². The van der Waals surface area contributed by atoms with E-state index in [-0.39, 0.29) is 23.7 Å². The molecule has 0 bridgehead atoms. The van der Waals surface area contributed by atoms with Gasteiger partial charge >= 0.3 is 0 Å². The summed E-state index contributed by atoms with van der Waals surface area (Å²) in [7, 11) is 1.62. The number of carbonyl (C=O) groups is 2. The van der Waals surface area contributed by atoms with Crippen molar-refractivity contribution in [2.45, 2.75) is 32.2 Å². The summed E-state index contributed by atoms with van der Waals surface area (Å²) >= 11 is 1.23. The van der Waals surface area contributed by atoms with Gasteiger partial charge in [-0.15, -0.1) is 10.2 Å². The highest BCUT2D eigenvalue weighted by Crippen LogP contribution is 2.31. The summed E-state index contributed by atoms with van der Waals surface area (Å²) in [4.78, 5) is 30.4. The Hall–Kier alpha value is -3.39. The molecule has 0 radical (unpaired) electrons. The number of nitrogens with zero attached hydrogens (tertiary/aromatic N) is 3. The minimum atomic E-state index is -0.336. The van der Waals surface area contributed by atoms with E-state index in [1.54, 1.807) is 31.4 Å². The number of rotatable bonds is 6. The Bertz CT molecular complexity index is 1170. The Morgan fingerprint density at radius 3 is 2.71 bits per heavy atom. The molecule has 7 nitrogen and oxygen atoms in total. The average molecular weight is 435 g/mol. The molecule has 0 fully saturated rings. The molecule has 8 heteroatoms. The molecule has 3 aromatic rings. The minimum absolute atomic E-state index is 0.101. The van der Waals surface area contributed by atoms with E-state index in [0.717, 1.165) is 29.0 Å². The number of hydrogen-bond donors (Lipinski definition) is 1. The second-order valence-electron chi connectivity index (χ2n) is 7.95. The van der Waals surface area contributed by atoms with Crippen molar-refractivity contribution in [2.75, 3.05) is 12.4 Å². The molecule has 1 aromatic heterocycles. The molecule has 31 heavy (non-hydrogen) atoms. The number of hydrogen-bond acceptors (Lipinski definition) is 7. The van der Waals surface area contributed by atoms with Gasteiger partial charge in [-0.2, -0.15) is 0 Å². The van der Waals surface area contributed by atoms with E-state index in [4.69, 9.17) is 9.73 Å². The number of anilines is 1. The largest absolute Gasteiger partial charge is 0.497 e. The van der Waals surface area contributed by atoms with Crippen molar-refractivity contribution in [3.63, 3.8) is 0 Å². The number of aliphatic imine (C=N–C) groups is 1. The standard InChI is InChI=1S/C23H22N4O3S/c1-23(2)12-16-7-8-17(30-3)10-18(16)19(26-23)11-20(28)14-5-4-6-15(9-14)21(29)25-22-27-24-13-31-22/h4-10,13H,11-12H2,1-3H3,(H,25,27,29). The highest BCUT2D eigenvalue weighted by atomic mass is 32.1. The van der Waals surface area contributed by atoms with E-state index in [2.05, 4.69) is 29.4 Å². The topological polar surface area (TPSA) is 93.5 Å². The number of benzene rings is 2. The van der Waals surface area contributed by atoms with Gasteiger partial charge in [-0.3, -0.25) is 19.9 Å². The summed E-state index contributed by atoms with van der Waals surface area (Å²) in [5.74, 6) is 0.294. The maximum Gasteiger partial charge on any atom is 0.257 e. The summed E-state index contributed by atoms with van der Waals surface area (Å²) in [5.41, 5.74) is 4.91.